The number of nitrogens with one attached hydrogen (secondary N) is 1. The summed E-state index contributed by atoms with van der Waals surface area (Å²) in [6, 6.07) is 11.8. The summed E-state index contributed by atoms with van der Waals surface area (Å²) in [4.78, 5) is 14.8. The van der Waals surface area contributed by atoms with E-state index < -0.39 is 22.7 Å². The van der Waals surface area contributed by atoms with Crippen molar-refractivity contribution in [1.29, 1.82) is 0 Å². The van der Waals surface area contributed by atoms with Crippen LogP contribution in [0.2, 0.25) is 5.02 Å². The van der Waals surface area contributed by atoms with Gasteiger partial charge in [-0.15, -0.1) is 0 Å². The highest BCUT2D eigenvalue weighted by atomic mass is 35.5. The predicted molar refractivity (Wildman–Crippen MR) is 108 cm³/mol. The van der Waals surface area contributed by atoms with Crippen LogP contribution in [0.3, 0.4) is 0 Å². The van der Waals surface area contributed by atoms with Crippen molar-refractivity contribution in [2.75, 3.05) is 13.1 Å². The van der Waals surface area contributed by atoms with Crippen molar-refractivity contribution >= 4 is 17.5 Å². The number of nitrogens with zero attached hydrogens (tertiary/aromatic N) is 1. The number of rotatable bonds is 5. The minimum absolute atomic E-state index is 0.182. The van der Waals surface area contributed by atoms with E-state index in [1.54, 1.807) is 0 Å². The van der Waals surface area contributed by atoms with Gasteiger partial charge in [-0.2, -0.15) is 13.2 Å². The molecule has 3 nitrogen and oxygen atoms in total. The molecule has 7 heteroatoms. The molecule has 1 N–H and O–H groups in total. The van der Waals surface area contributed by atoms with Crippen molar-refractivity contribution in [3.63, 3.8) is 0 Å². The van der Waals surface area contributed by atoms with Crippen LogP contribution in [0.5, 0.6) is 0 Å². The summed E-state index contributed by atoms with van der Waals surface area (Å²) in [5.41, 5.74) is 0.939. The summed E-state index contributed by atoms with van der Waals surface area (Å²) < 4.78 is 38.9. The molecular weight excluding hydrogens is 401 g/mol. The number of hydrogen-bond acceptors (Lipinski definition) is 2. The van der Waals surface area contributed by atoms with Crippen molar-refractivity contribution in [3.8, 4) is 0 Å². The molecule has 1 fully saturated rings. The van der Waals surface area contributed by atoms with Crippen LogP contribution in [0, 0.1) is 0 Å². The Hall–Kier alpha value is -2.05. The molecule has 0 saturated carbocycles. The Balaban J connectivity index is 1.65. The van der Waals surface area contributed by atoms with E-state index in [2.05, 4.69) is 29.3 Å². The maximum Gasteiger partial charge on any atom is 0.417 e. The number of amides is 1. The Morgan fingerprint density at radius 3 is 2.55 bits per heavy atom. The maximum atomic E-state index is 13.0. The van der Waals surface area contributed by atoms with E-state index in [1.165, 1.54) is 30.5 Å². The average Bonchev–Trinajstić information content (AvgIpc) is 2.71. The van der Waals surface area contributed by atoms with E-state index >= 15 is 0 Å². The summed E-state index contributed by atoms with van der Waals surface area (Å²) in [7, 11) is 0. The Labute approximate surface area is 173 Å². The Bertz CT molecular complexity index is 852. The number of carbonyl (C=O) groups is 1. The third-order valence-corrected chi connectivity index (χ3v) is 5.79. The molecule has 1 aliphatic rings. The number of hydrogen-bond donors (Lipinski definition) is 1. The highest BCUT2D eigenvalue weighted by Crippen LogP contribution is 2.36. The van der Waals surface area contributed by atoms with Gasteiger partial charge >= 0.3 is 6.18 Å². The first-order valence-corrected chi connectivity index (χ1v) is 10.2. The second kappa shape index (κ2) is 9.18. The SMILES string of the molecule is CCN1CCCCC1c1ccc(CNC(=O)c2cccc(C(F)(F)F)c2Cl)cc1. The lowest BCUT2D eigenvalue weighted by atomic mass is 9.94. The zero-order chi connectivity index (χ0) is 21.0. The van der Waals surface area contributed by atoms with Crippen molar-refractivity contribution in [1.82, 2.24) is 10.2 Å². The highest BCUT2D eigenvalue weighted by Gasteiger charge is 2.34. The van der Waals surface area contributed by atoms with E-state index in [0.29, 0.717) is 6.04 Å². The van der Waals surface area contributed by atoms with Gasteiger partial charge in [-0.25, -0.2) is 0 Å². The third kappa shape index (κ3) is 5.11. The lowest BCUT2D eigenvalue weighted by Crippen LogP contribution is -2.33. The largest absolute Gasteiger partial charge is 0.417 e. The first kappa shape index (κ1) is 21.7. The van der Waals surface area contributed by atoms with Crippen LogP contribution in [0.15, 0.2) is 42.5 Å². The van der Waals surface area contributed by atoms with Crippen LogP contribution >= 0.6 is 11.6 Å². The van der Waals surface area contributed by atoms with E-state index in [-0.39, 0.29) is 12.1 Å². The van der Waals surface area contributed by atoms with Crippen molar-refractivity contribution < 1.29 is 18.0 Å². The Kier molecular flexibility index (Phi) is 6.85. The van der Waals surface area contributed by atoms with E-state index in [0.717, 1.165) is 31.1 Å². The Morgan fingerprint density at radius 1 is 1.17 bits per heavy atom. The van der Waals surface area contributed by atoms with Crippen molar-refractivity contribution in [2.45, 2.75) is 44.9 Å². The molecule has 0 radical (unpaired) electrons. The average molecular weight is 425 g/mol. The molecule has 1 aliphatic heterocycles. The Morgan fingerprint density at radius 2 is 1.90 bits per heavy atom. The quantitative estimate of drug-likeness (QED) is 0.654. The fourth-order valence-electron chi connectivity index (χ4n) is 3.81. The van der Waals surface area contributed by atoms with Crippen LogP contribution in [-0.2, 0) is 12.7 Å². The summed E-state index contributed by atoms with van der Waals surface area (Å²) in [6.45, 7) is 4.51. The van der Waals surface area contributed by atoms with Crippen molar-refractivity contribution in [3.05, 3.63) is 69.7 Å². The summed E-state index contributed by atoms with van der Waals surface area (Å²) in [6.07, 6.45) is -1.02. The fourth-order valence-corrected chi connectivity index (χ4v) is 4.13. The minimum Gasteiger partial charge on any atom is -0.348 e. The van der Waals surface area contributed by atoms with Gasteiger partial charge in [-0.1, -0.05) is 55.3 Å². The van der Waals surface area contributed by atoms with Gasteiger partial charge in [-0.05, 0) is 49.2 Å². The predicted octanol–water partition coefficient (Wildman–Crippen LogP) is 5.84. The van der Waals surface area contributed by atoms with Gasteiger partial charge in [0, 0.05) is 12.6 Å². The van der Waals surface area contributed by atoms with Gasteiger partial charge in [0.15, 0.2) is 0 Å². The van der Waals surface area contributed by atoms with Crippen LogP contribution < -0.4 is 5.32 Å². The lowest BCUT2D eigenvalue weighted by Gasteiger charge is -2.35. The first-order chi connectivity index (χ1) is 13.8. The molecule has 1 heterocycles. The smallest absolute Gasteiger partial charge is 0.348 e. The van der Waals surface area contributed by atoms with Gasteiger partial charge < -0.3 is 5.32 Å². The summed E-state index contributed by atoms with van der Waals surface area (Å²) >= 11 is 5.82. The van der Waals surface area contributed by atoms with Crippen molar-refractivity contribution in [2.24, 2.45) is 0 Å². The molecule has 1 unspecified atom stereocenters. The van der Waals surface area contributed by atoms with E-state index in [4.69, 9.17) is 11.6 Å². The number of piperidine rings is 1. The molecule has 29 heavy (non-hydrogen) atoms. The summed E-state index contributed by atoms with van der Waals surface area (Å²) in [5, 5.41) is 2.07. The molecule has 0 aliphatic carbocycles. The number of carbonyl (C=O) groups excluding carboxylic acids is 1. The molecular formula is C22H24ClF3N2O. The molecule has 0 spiro atoms. The van der Waals surface area contributed by atoms with Gasteiger partial charge in [0.25, 0.3) is 5.91 Å². The third-order valence-electron chi connectivity index (χ3n) is 5.39. The molecule has 0 aromatic heterocycles. The topological polar surface area (TPSA) is 32.3 Å². The minimum atomic E-state index is -4.60. The maximum absolute atomic E-state index is 13.0. The van der Waals surface area contributed by atoms with Crippen LogP contribution in [0.1, 0.15) is 59.3 Å². The lowest BCUT2D eigenvalue weighted by molar-refractivity contribution is -0.137. The molecule has 1 atom stereocenters. The molecule has 2 aromatic rings. The number of halogens is 4. The van der Waals surface area contributed by atoms with Gasteiger partial charge in [0.1, 0.15) is 0 Å². The molecule has 156 valence electrons. The first-order valence-electron chi connectivity index (χ1n) is 9.78. The molecule has 1 amide bonds. The van der Waals surface area contributed by atoms with E-state index in [1.807, 2.05) is 12.1 Å². The molecule has 3 rings (SSSR count). The van der Waals surface area contributed by atoms with Gasteiger partial charge in [0.05, 0.1) is 16.1 Å². The monoisotopic (exact) mass is 424 g/mol. The number of alkyl halides is 3. The molecule has 2 aromatic carbocycles. The second-order valence-electron chi connectivity index (χ2n) is 7.23. The van der Waals surface area contributed by atoms with Crippen LogP contribution in [0.4, 0.5) is 13.2 Å². The zero-order valence-electron chi connectivity index (χ0n) is 16.2. The van der Waals surface area contributed by atoms with Crippen LogP contribution in [0.25, 0.3) is 0 Å². The number of likely N-dealkylation sites (tertiary alicyclic amines) is 1. The zero-order valence-corrected chi connectivity index (χ0v) is 17.0. The van der Waals surface area contributed by atoms with Gasteiger partial charge in [-0.3, -0.25) is 9.69 Å². The standard InChI is InChI=1S/C22H24ClF3N2O/c1-2-28-13-4-3-8-19(28)16-11-9-15(10-12-16)14-27-21(29)17-6-5-7-18(20(17)23)22(24,25)26/h5-7,9-12,19H,2-4,8,13-14H2,1H3,(H,27,29). The molecule has 1 saturated heterocycles. The number of benzene rings is 2. The second-order valence-corrected chi connectivity index (χ2v) is 7.61. The van der Waals surface area contributed by atoms with E-state index in [9.17, 15) is 18.0 Å². The fraction of sp³-hybridized carbons (Fsp3) is 0.409. The summed E-state index contributed by atoms with van der Waals surface area (Å²) in [5.74, 6) is -0.630. The highest BCUT2D eigenvalue weighted by molar-refractivity contribution is 6.34. The van der Waals surface area contributed by atoms with Gasteiger partial charge in [0.2, 0.25) is 0 Å². The molecule has 0 bridgehead atoms. The normalized spacial score (nSPS) is 17.9. The van der Waals surface area contributed by atoms with Crippen LogP contribution in [-0.4, -0.2) is 23.9 Å².